The van der Waals surface area contributed by atoms with Gasteiger partial charge in [0.05, 0.1) is 0 Å². The molecule has 0 fully saturated rings. The molecule has 0 aliphatic carbocycles. The van der Waals surface area contributed by atoms with Gasteiger partial charge in [-0.2, -0.15) is 0 Å². The molecule has 0 rings (SSSR count). The van der Waals surface area contributed by atoms with Gasteiger partial charge in [0.1, 0.15) is 0 Å². The van der Waals surface area contributed by atoms with Crippen LogP contribution in [0.1, 0.15) is 233 Å². The summed E-state index contributed by atoms with van der Waals surface area (Å²) in [4.78, 5) is 0. The van der Waals surface area contributed by atoms with E-state index >= 15 is 0 Å². The second-order valence-corrected chi connectivity index (χ2v) is 12.8. The minimum atomic E-state index is 1.04. The Labute approximate surface area is 238 Å². The van der Waals surface area contributed by atoms with Crippen molar-refractivity contribution in [3.05, 3.63) is 0 Å². The van der Waals surface area contributed by atoms with Crippen LogP contribution in [0.2, 0.25) is 0 Å². The Kier molecular flexibility index (Phi) is 34.0. The van der Waals surface area contributed by atoms with E-state index in [-0.39, 0.29) is 0 Å². The van der Waals surface area contributed by atoms with Gasteiger partial charge in [-0.1, -0.05) is 233 Å². The smallest absolute Gasteiger partial charge is 0.0414 e. The van der Waals surface area contributed by atoms with Crippen molar-refractivity contribution in [2.75, 3.05) is 0 Å². The van der Waals surface area contributed by atoms with E-state index in [0.717, 1.165) is 5.92 Å². The van der Waals surface area contributed by atoms with Crippen LogP contribution in [0, 0.1) is 5.92 Å². The maximum absolute atomic E-state index is 2.37. The SMILES string of the molecule is CCCCCCCCCCCCCCCCCCCC(CCCC)CCCCCCCCCCCCC. The monoisotopic (exact) mass is 521 g/mol. The zero-order valence-electron chi connectivity index (χ0n) is 26.9. The van der Waals surface area contributed by atoms with Gasteiger partial charge >= 0.3 is 0 Å². The van der Waals surface area contributed by atoms with Gasteiger partial charge in [-0.3, -0.25) is 0 Å². The fourth-order valence-electron chi connectivity index (χ4n) is 6.18. The lowest BCUT2D eigenvalue weighted by molar-refractivity contribution is 0.370. The summed E-state index contributed by atoms with van der Waals surface area (Å²) in [5.41, 5.74) is 0. The Hall–Kier alpha value is 0. The predicted molar refractivity (Wildman–Crippen MR) is 173 cm³/mol. The highest BCUT2D eigenvalue weighted by Crippen LogP contribution is 2.24. The summed E-state index contributed by atoms with van der Waals surface area (Å²) in [5.74, 6) is 1.04. The van der Waals surface area contributed by atoms with Gasteiger partial charge in [0, 0.05) is 0 Å². The third-order valence-corrected chi connectivity index (χ3v) is 8.90. The molecule has 1 unspecified atom stereocenters. The summed E-state index contributed by atoms with van der Waals surface area (Å²) >= 11 is 0. The van der Waals surface area contributed by atoms with Crippen molar-refractivity contribution in [1.82, 2.24) is 0 Å². The van der Waals surface area contributed by atoms with Crippen LogP contribution in [0.3, 0.4) is 0 Å². The summed E-state index contributed by atoms with van der Waals surface area (Å²) in [6.45, 7) is 6.99. The summed E-state index contributed by atoms with van der Waals surface area (Å²) < 4.78 is 0. The van der Waals surface area contributed by atoms with Crippen LogP contribution in [0.5, 0.6) is 0 Å². The zero-order valence-corrected chi connectivity index (χ0v) is 26.9. The Morgan fingerprint density at radius 3 is 0.649 bits per heavy atom. The van der Waals surface area contributed by atoms with E-state index in [1.54, 1.807) is 0 Å². The van der Waals surface area contributed by atoms with Crippen molar-refractivity contribution in [2.45, 2.75) is 233 Å². The van der Waals surface area contributed by atoms with E-state index in [1.807, 2.05) is 0 Å². The Balaban J connectivity index is 3.44. The quantitative estimate of drug-likeness (QED) is 0.0754. The van der Waals surface area contributed by atoms with Crippen LogP contribution < -0.4 is 0 Å². The maximum atomic E-state index is 2.37. The molecule has 0 aliphatic rings. The average molecular weight is 521 g/mol. The molecule has 224 valence electrons. The molecule has 0 N–H and O–H groups in total. The molecule has 0 aromatic carbocycles. The number of hydrogen-bond donors (Lipinski definition) is 0. The molecule has 0 saturated heterocycles. The van der Waals surface area contributed by atoms with Crippen LogP contribution in [0.4, 0.5) is 0 Å². The van der Waals surface area contributed by atoms with Crippen molar-refractivity contribution < 1.29 is 0 Å². The van der Waals surface area contributed by atoms with E-state index in [0.29, 0.717) is 0 Å². The maximum Gasteiger partial charge on any atom is -0.0414 e. The van der Waals surface area contributed by atoms with Crippen LogP contribution >= 0.6 is 0 Å². The molecule has 0 bridgehead atoms. The molecule has 0 heterocycles. The molecule has 0 nitrogen and oxygen atoms in total. The first-order chi connectivity index (χ1) is 18.3. The molecule has 0 heteroatoms. The average Bonchev–Trinajstić information content (AvgIpc) is 2.91. The second kappa shape index (κ2) is 34.0. The molecule has 1 atom stereocenters. The van der Waals surface area contributed by atoms with Crippen molar-refractivity contribution in [2.24, 2.45) is 5.92 Å². The van der Waals surface area contributed by atoms with Crippen molar-refractivity contribution in [3.8, 4) is 0 Å². The van der Waals surface area contributed by atoms with Gasteiger partial charge < -0.3 is 0 Å². The summed E-state index contributed by atoms with van der Waals surface area (Å²) in [6, 6.07) is 0. The van der Waals surface area contributed by atoms with E-state index in [1.165, 1.54) is 212 Å². The first-order valence-corrected chi connectivity index (χ1v) is 18.3. The highest BCUT2D eigenvalue weighted by molar-refractivity contribution is 4.62. The lowest BCUT2D eigenvalue weighted by atomic mass is 9.90. The molecular weight excluding hydrogens is 444 g/mol. The van der Waals surface area contributed by atoms with Gasteiger partial charge in [0.2, 0.25) is 0 Å². The van der Waals surface area contributed by atoms with Gasteiger partial charge in [-0.05, 0) is 5.92 Å². The fraction of sp³-hybridized carbons (Fsp3) is 1.00. The molecule has 0 aliphatic heterocycles. The van der Waals surface area contributed by atoms with Gasteiger partial charge in [0.15, 0.2) is 0 Å². The molecule has 37 heavy (non-hydrogen) atoms. The Morgan fingerprint density at radius 1 is 0.216 bits per heavy atom. The molecular formula is C37H76. The third-order valence-electron chi connectivity index (χ3n) is 8.90. The molecule has 0 aromatic rings. The highest BCUT2D eigenvalue weighted by atomic mass is 14.1. The number of rotatable bonds is 33. The lowest BCUT2D eigenvalue weighted by Crippen LogP contribution is -2.01. The predicted octanol–water partition coefficient (Wildman–Crippen LogP) is 14.5. The molecule has 0 aromatic heterocycles. The van der Waals surface area contributed by atoms with E-state index in [9.17, 15) is 0 Å². The van der Waals surface area contributed by atoms with Crippen LogP contribution in [-0.2, 0) is 0 Å². The molecule has 0 radical (unpaired) electrons. The summed E-state index contributed by atoms with van der Waals surface area (Å²) in [6.07, 6.45) is 48.8. The van der Waals surface area contributed by atoms with Crippen LogP contribution in [0.15, 0.2) is 0 Å². The third kappa shape index (κ3) is 32.1. The fourth-order valence-corrected chi connectivity index (χ4v) is 6.18. The normalized spacial score (nSPS) is 12.4. The van der Waals surface area contributed by atoms with Gasteiger partial charge in [-0.15, -0.1) is 0 Å². The van der Waals surface area contributed by atoms with Crippen molar-refractivity contribution in [1.29, 1.82) is 0 Å². The van der Waals surface area contributed by atoms with Crippen LogP contribution in [0.25, 0.3) is 0 Å². The molecule has 0 amide bonds. The van der Waals surface area contributed by atoms with Crippen LogP contribution in [-0.4, -0.2) is 0 Å². The minimum absolute atomic E-state index is 1.04. The van der Waals surface area contributed by atoms with Crippen molar-refractivity contribution in [3.63, 3.8) is 0 Å². The second-order valence-electron chi connectivity index (χ2n) is 12.8. The molecule has 0 spiro atoms. The Morgan fingerprint density at radius 2 is 0.405 bits per heavy atom. The van der Waals surface area contributed by atoms with E-state index < -0.39 is 0 Å². The Bertz CT molecular complexity index is 372. The van der Waals surface area contributed by atoms with Crippen molar-refractivity contribution >= 4 is 0 Å². The first kappa shape index (κ1) is 37.0. The van der Waals surface area contributed by atoms with E-state index in [2.05, 4.69) is 20.8 Å². The summed E-state index contributed by atoms with van der Waals surface area (Å²) in [7, 11) is 0. The largest absolute Gasteiger partial charge is 0.0654 e. The number of unbranched alkanes of at least 4 members (excludes halogenated alkanes) is 27. The highest BCUT2D eigenvalue weighted by Gasteiger charge is 2.08. The van der Waals surface area contributed by atoms with Gasteiger partial charge in [-0.25, -0.2) is 0 Å². The lowest BCUT2D eigenvalue weighted by Gasteiger charge is -2.16. The minimum Gasteiger partial charge on any atom is -0.0654 e. The number of hydrogen-bond acceptors (Lipinski definition) is 0. The zero-order chi connectivity index (χ0) is 26.9. The topological polar surface area (TPSA) is 0 Å². The first-order valence-electron chi connectivity index (χ1n) is 18.3. The standard InChI is InChI=1S/C37H76/c1-4-7-10-12-14-16-18-19-20-21-22-23-25-27-29-31-33-36-37(34-9-6-3)35-32-30-28-26-24-17-15-13-11-8-5-2/h37H,4-36H2,1-3H3. The van der Waals surface area contributed by atoms with Gasteiger partial charge in [0.25, 0.3) is 0 Å². The summed E-state index contributed by atoms with van der Waals surface area (Å²) in [5, 5.41) is 0. The molecule has 0 saturated carbocycles. The van der Waals surface area contributed by atoms with E-state index in [4.69, 9.17) is 0 Å².